The Labute approximate surface area is 154 Å². The minimum Gasteiger partial charge on any atom is -0.497 e. The Hall–Kier alpha value is -3.02. The van der Waals surface area contributed by atoms with E-state index in [0.29, 0.717) is 18.8 Å². The Morgan fingerprint density at radius 2 is 1.73 bits per heavy atom. The number of hydrogen-bond acceptors (Lipinski definition) is 4. The Morgan fingerprint density at radius 3 is 2.42 bits per heavy atom. The number of nitrogens with zero attached hydrogens (tertiary/aromatic N) is 1. The lowest BCUT2D eigenvalue weighted by molar-refractivity contribution is -0.125. The molecule has 2 rings (SSSR count). The molecule has 0 aromatic heterocycles. The summed E-state index contributed by atoms with van der Waals surface area (Å²) in [6.45, 7) is 0.385. The first-order chi connectivity index (χ1) is 12.7. The molecule has 0 spiro atoms. The average Bonchev–Trinajstić information content (AvgIpc) is 2.68. The van der Waals surface area contributed by atoms with Crippen molar-refractivity contribution in [3.8, 4) is 5.75 Å². The summed E-state index contributed by atoms with van der Waals surface area (Å²) in [5.41, 5.74) is 8.09. The molecule has 0 bridgehead atoms. The molecule has 0 aliphatic heterocycles. The molecule has 0 aliphatic carbocycles. The monoisotopic (exact) mass is 355 g/mol. The zero-order chi connectivity index (χ0) is 18.6. The van der Waals surface area contributed by atoms with Gasteiger partial charge >= 0.3 is 0 Å². The first-order valence-electron chi connectivity index (χ1n) is 8.55. The van der Waals surface area contributed by atoms with Crippen LogP contribution < -0.4 is 15.8 Å². The van der Waals surface area contributed by atoms with Gasteiger partial charge in [0.05, 0.1) is 7.11 Å². The van der Waals surface area contributed by atoms with E-state index in [1.165, 1.54) is 5.56 Å². The molecule has 0 atom stereocenters. The van der Waals surface area contributed by atoms with E-state index in [0.717, 1.165) is 24.2 Å². The second-order valence-electron chi connectivity index (χ2n) is 5.79. The molecule has 2 aromatic rings. The summed E-state index contributed by atoms with van der Waals surface area (Å²) in [6.07, 6.45) is 2.11. The molecule has 3 N–H and O–H groups in total. The lowest BCUT2D eigenvalue weighted by Gasteiger charge is -2.06. The maximum Gasteiger partial charge on any atom is 0.260 e. The Bertz CT molecular complexity index is 700. The number of ether oxygens (including phenoxy) is 1. The van der Waals surface area contributed by atoms with E-state index in [2.05, 4.69) is 10.5 Å². The summed E-state index contributed by atoms with van der Waals surface area (Å²) < 4.78 is 5.11. The highest BCUT2D eigenvalue weighted by atomic mass is 16.6. The number of amides is 1. The third-order valence-corrected chi connectivity index (χ3v) is 3.78. The van der Waals surface area contributed by atoms with Crippen LogP contribution in [0.15, 0.2) is 59.8 Å². The van der Waals surface area contributed by atoms with E-state index >= 15 is 0 Å². The second-order valence-corrected chi connectivity index (χ2v) is 5.79. The number of aryl methyl sites for hydroxylation is 1. The molecular formula is C20H25N3O3. The van der Waals surface area contributed by atoms with E-state index in [1.807, 2.05) is 54.6 Å². The van der Waals surface area contributed by atoms with Gasteiger partial charge in [-0.25, -0.2) is 0 Å². The summed E-state index contributed by atoms with van der Waals surface area (Å²) >= 11 is 0. The largest absolute Gasteiger partial charge is 0.497 e. The number of hydrogen-bond donors (Lipinski definition) is 2. The minimum atomic E-state index is -0.224. The van der Waals surface area contributed by atoms with E-state index in [9.17, 15) is 4.79 Å². The van der Waals surface area contributed by atoms with E-state index < -0.39 is 0 Å². The van der Waals surface area contributed by atoms with Gasteiger partial charge in [0.1, 0.15) is 11.6 Å². The topological polar surface area (TPSA) is 85.9 Å². The molecule has 0 heterocycles. The van der Waals surface area contributed by atoms with Crippen molar-refractivity contribution in [1.29, 1.82) is 0 Å². The molecule has 0 saturated carbocycles. The zero-order valence-corrected chi connectivity index (χ0v) is 15.0. The van der Waals surface area contributed by atoms with Gasteiger partial charge in [-0.2, -0.15) is 0 Å². The summed E-state index contributed by atoms with van der Waals surface area (Å²) in [4.78, 5) is 16.7. The molecule has 0 saturated heterocycles. The quantitative estimate of drug-likeness (QED) is 0.389. The van der Waals surface area contributed by atoms with Gasteiger partial charge in [-0.05, 0) is 36.1 Å². The van der Waals surface area contributed by atoms with Crippen molar-refractivity contribution in [3.63, 3.8) is 0 Å². The van der Waals surface area contributed by atoms with Gasteiger partial charge in [-0.3, -0.25) is 4.79 Å². The average molecular weight is 355 g/mol. The smallest absolute Gasteiger partial charge is 0.260 e. The van der Waals surface area contributed by atoms with Crippen molar-refractivity contribution >= 4 is 11.7 Å². The molecule has 0 aliphatic rings. The first-order valence-corrected chi connectivity index (χ1v) is 8.55. The maximum absolute atomic E-state index is 11.7. The Kier molecular flexibility index (Phi) is 7.99. The number of nitrogens with one attached hydrogen (secondary N) is 1. The van der Waals surface area contributed by atoms with Crippen molar-refractivity contribution in [2.45, 2.75) is 19.3 Å². The van der Waals surface area contributed by atoms with Crippen molar-refractivity contribution in [2.24, 2.45) is 10.9 Å². The number of oxime groups is 1. The van der Waals surface area contributed by atoms with Crippen LogP contribution in [-0.4, -0.2) is 32.0 Å². The minimum absolute atomic E-state index is 0.144. The zero-order valence-electron chi connectivity index (χ0n) is 15.0. The van der Waals surface area contributed by atoms with Gasteiger partial charge in [0, 0.05) is 13.0 Å². The first kappa shape index (κ1) is 19.3. The molecule has 0 unspecified atom stereocenters. The van der Waals surface area contributed by atoms with Crippen LogP contribution in [0, 0.1) is 0 Å². The van der Waals surface area contributed by atoms with Crippen molar-refractivity contribution in [1.82, 2.24) is 5.32 Å². The van der Waals surface area contributed by atoms with Crippen LogP contribution in [0.1, 0.15) is 17.5 Å². The van der Waals surface area contributed by atoms with E-state index in [1.54, 1.807) is 7.11 Å². The fourth-order valence-electron chi connectivity index (χ4n) is 2.33. The van der Waals surface area contributed by atoms with Crippen LogP contribution in [-0.2, 0) is 22.5 Å². The highest BCUT2D eigenvalue weighted by Crippen LogP contribution is 2.11. The molecule has 2 aromatic carbocycles. The van der Waals surface area contributed by atoms with Crippen LogP contribution in [0.25, 0.3) is 0 Å². The third-order valence-electron chi connectivity index (χ3n) is 3.78. The highest BCUT2D eigenvalue weighted by Gasteiger charge is 2.02. The third kappa shape index (κ3) is 7.25. The van der Waals surface area contributed by atoms with Crippen LogP contribution in [0.3, 0.4) is 0 Å². The number of methoxy groups -OCH3 is 1. The predicted molar refractivity (Wildman–Crippen MR) is 102 cm³/mol. The van der Waals surface area contributed by atoms with E-state index in [-0.39, 0.29) is 12.5 Å². The number of amidine groups is 1. The van der Waals surface area contributed by atoms with Crippen molar-refractivity contribution in [2.75, 3.05) is 20.3 Å². The molecule has 26 heavy (non-hydrogen) atoms. The van der Waals surface area contributed by atoms with E-state index in [4.69, 9.17) is 15.3 Å². The van der Waals surface area contributed by atoms with Crippen LogP contribution >= 0.6 is 0 Å². The predicted octanol–water partition coefficient (Wildman–Crippen LogP) is 2.28. The maximum atomic E-state index is 11.7. The van der Waals surface area contributed by atoms with Gasteiger partial charge in [-0.15, -0.1) is 0 Å². The van der Waals surface area contributed by atoms with Gasteiger partial charge in [-0.1, -0.05) is 47.6 Å². The SMILES string of the molecule is COc1ccc(CCNC(=O)CO/N=C(\N)CCc2ccccc2)cc1. The summed E-state index contributed by atoms with van der Waals surface area (Å²) in [6, 6.07) is 17.7. The van der Waals surface area contributed by atoms with Gasteiger partial charge in [0.25, 0.3) is 5.91 Å². The van der Waals surface area contributed by atoms with Crippen LogP contribution in [0.5, 0.6) is 5.75 Å². The Morgan fingerprint density at radius 1 is 1.04 bits per heavy atom. The second kappa shape index (κ2) is 10.8. The van der Waals surface area contributed by atoms with Gasteiger partial charge in [0.15, 0.2) is 6.61 Å². The number of nitrogens with two attached hydrogens (primary N) is 1. The van der Waals surface area contributed by atoms with Crippen molar-refractivity contribution in [3.05, 3.63) is 65.7 Å². The van der Waals surface area contributed by atoms with Crippen molar-refractivity contribution < 1.29 is 14.4 Å². The van der Waals surface area contributed by atoms with Crippen LogP contribution in [0.4, 0.5) is 0 Å². The molecule has 6 nitrogen and oxygen atoms in total. The molecular weight excluding hydrogens is 330 g/mol. The lowest BCUT2D eigenvalue weighted by atomic mass is 10.1. The fourth-order valence-corrected chi connectivity index (χ4v) is 2.33. The van der Waals surface area contributed by atoms with Gasteiger partial charge < -0.3 is 20.6 Å². The number of carbonyl (C=O) groups is 1. The normalized spacial score (nSPS) is 11.0. The van der Waals surface area contributed by atoms with Crippen LogP contribution in [0.2, 0.25) is 0 Å². The summed E-state index contributed by atoms with van der Waals surface area (Å²) in [5, 5.41) is 6.57. The molecule has 1 amide bonds. The molecule has 0 radical (unpaired) electrons. The molecule has 138 valence electrons. The number of benzene rings is 2. The molecule has 6 heteroatoms. The highest BCUT2D eigenvalue weighted by molar-refractivity contribution is 5.80. The number of carbonyl (C=O) groups excluding carboxylic acids is 1. The fraction of sp³-hybridized carbons (Fsp3) is 0.300. The van der Waals surface area contributed by atoms with Gasteiger partial charge in [0.2, 0.25) is 0 Å². The number of rotatable bonds is 10. The lowest BCUT2D eigenvalue weighted by Crippen LogP contribution is -2.29. The summed E-state index contributed by atoms with van der Waals surface area (Å²) in [5.74, 6) is 0.965. The standard InChI is InChI=1S/C20H25N3O3/c1-25-18-10-7-17(8-11-18)13-14-22-20(24)15-26-23-19(21)12-9-16-5-3-2-4-6-16/h2-8,10-11H,9,12-15H2,1H3,(H2,21,23)(H,22,24). The molecule has 0 fully saturated rings. The Balaban J connectivity index is 1.60. The summed E-state index contributed by atoms with van der Waals surface area (Å²) in [7, 11) is 1.63.